The van der Waals surface area contributed by atoms with Gasteiger partial charge in [-0.2, -0.15) is 0 Å². The number of aromatic hydroxyl groups is 1. The normalized spacial score (nSPS) is 16.8. The number of phenols is 1. The van der Waals surface area contributed by atoms with Crippen LogP contribution in [0.15, 0.2) is 66.0 Å². The maximum Gasteiger partial charge on any atom is 0.134 e. The predicted molar refractivity (Wildman–Crippen MR) is 150 cm³/mol. The van der Waals surface area contributed by atoms with Crippen molar-refractivity contribution < 1.29 is 9.84 Å². The van der Waals surface area contributed by atoms with Gasteiger partial charge in [0.05, 0.1) is 0 Å². The SMILES string of the molecule is CCNCCC(Oc1ccccc1CCN1CCC(c2cccc(O)c2)(N(C)C)CC1)c1cccs1. The number of phenolic OH excluding ortho intramolecular Hbond substituents is 1. The van der Waals surface area contributed by atoms with Crippen molar-refractivity contribution in [1.29, 1.82) is 0 Å². The number of likely N-dealkylation sites (tertiary alicyclic amines) is 1. The third-order valence-electron chi connectivity index (χ3n) is 7.56. The van der Waals surface area contributed by atoms with Gasteiger partial charge in [-0.3, -0.25) is 4.90 Å². The van der Waals surface area contributed by atoms with E-state index in [1.807, 2.05) is 12.1 Å². The summed E-state index contributed by atoms with van der Waals surface area (Å²) in [6.45, 7) is 7.16. The Balaban J connectivity index is 1.39. The molecule has 1 atom stereocenters. The number of piperidine rings is 1. The van der Waals surface area contributed by atoms with Gasteiger partial charge >= 0.3 is 0 Å². The number of hydrogen-bond acceptors (Lipinski definition) is 6. The Bertz CT molecular complexity index is 1060. The third kappa shape index (κ3) is 6.48. The van der Waals surface area contributed by atoms with Crippen molar-refractivity contribution in [3.63, 3.8) is 0 Å². The van der Waals surface area contributed by atoms with Crippen LogP contribution >= 0.6 is 11.3 Å². The maximum atomic E-state index is 10.1. The summed E-state index contributed by atoms with van der Waals surface area (Å²) in [7, 11) is 4.32. The molecule has 5 nitrogen and oxygen atoms in total. The molecule has 1 saturated heterocycles. The first-order chi connectivity index (χ1) is 17.5. The second kappa shape index (κ2) is 12.7. The van der Waals surface area contributed by atoms with Crippen molar-refractivity contribution in [3.8, 4) is 11.5 Å². The van der Waals surface area contributed by atoms with Crippen LogP contribution in [0.4, 0.5) is 0 Å². The fourth-order valence-electron chi connectivity index (χ4n) is 5.34. The summed E-state index contributed by atoms with van der Waals surface area (Å²) in [5.74, 6) is 1.35. The highest BCUT2D eigenvalue weighted by atomic mass is 32.1. The monoisotopic (exact) mass is 507 g/mol. The highest BCUT2D eigenvalue weighted by Crippen LogP contribution is 2.38. The summed E-state index contributed by atoms with van der Waals surface area (Å²) in [5, 5.41) is 15.6. The summed E-state index contributed by atoms with van der Waals surface area (Å²) in [6.07, 6.45) is 4.10. The Morgan fingerprint density at radius 1 is 1.08 bits per heavy atom. The van der Waals surface area contributed by atoms with E-state index in [4.69, 9.17) is 4.74 Å². The molecule has 0 spiro atoms. The Morgan fingerprint density at radius 3 is 2.58 bits per heavy atom. The van der Waals surface area contributed by atoms with Gasteiger partial charge in [-0.15, -0.1) is 11.3 Å². The van der Waals surface area contributed by atoms with E-state index in [0.717, 1.165) is 64.2 Å². The molecule has 0 aliphatic carbocycles. The average molecular weight is 508 g/mol. The topological polar surface area (TPSA) is 48.0 Å². The van der Waals surface area contributed by atoms with Gasteiger partial charge in [0.15, 0.2) is 0 Å². The number of thiophene rings is 1. The van der Waals surface area contributed by atoms with Gasteiger partial charge in [0.25, 0.3) is 0 Å². The minimum Gasteiger partial charge on any atom is -0.508 e. The summed E-state index contributed by atoms with van der Waals surface area (Å²) in [4.78, 5) is 6.19. The Hall–Kier alpha value is -2.38. The molecule has 36 heavy (non-hydrogen) atoms. The Kier molecular flexibility index (Phi) is 9.43. The molecule has 1 unspecified atom stereocenters. The fourth-order valence-corrected chi connectivity index (χ4v) is 6.13. The van der Waals surface area contributed by atoms with Crippen LogP contribution in [-0.4, -0.2) is 61.7 Å². The summed E-state index contributed by atoms with van der Waals surface area (Å²) < 4.78 is 6.63. The van der Waals surface area contributed by atoms with Gasteiger partial charge in [-0.05, 0) is 87.2 Å². The molecule has 1 aliphatic heterocycles. The highest BCUT2D eigenvalue weighted by molar-refractivity contribution is 7.10. The summed E-state index contributed by atoms with van der Waals surface area (Å²) in [6, 6.07) is 20.6. The molecule has 1 aromatic heterocycles. The second-order valence-corrected chi connectivity index (χ2v) is 10.9. The first-order valence-corrected chi connectivity index (χ1v) is 14.1. The van der Waals surface area contributed by atoms with Crippen molar-refractivity contribution in [2.24, 2.45) is 0 Å². The first kappa shape index (κ1) is 26.7. The molecule has 0 saturated carbocycles. The van der Waals surface area contributed by atoms with Gasteiger partial charge in [0, 0.05) is 36.5 Å². The molecular formula is C30H41N3O2S. The van der Waals surface area contributed by atoms with Crippen LogP contribution in [0, 0.1) is 0 Å². The molecule has 2 aromatic carbocycles. The zero-order valence-corrected chi connectivity index (χ0v) is 22.8. The number of rotatable bonds is 12. The zero-order valence-electron chi connectivity index (χ0n) is 22.0. The van der Waals surface area contributed by atoms with E-state index in [-0.39, 0.29) is 11.6 Å². The fraction of sp³-hybridized carbons (Fsp3) is 0.467. The lowest BCUT2D eigenvalue weighted by atomic mass is 9.79. The van der Waals surface area contributed by atoms with Crippen LogP contribution in [0.5, 0.6) is 11.5 Å². The van der Waals surface area contributed by atoms with E-state index in [9.17, 15) is 5.11 Å². The standard InChI is InChI=1S/C30H41N3O2S/c1-4-31-18-14-28(29-13-8-22-36-29)35-27-12-6-5-9-24(27)15-19-33-20-16-30(17-21-33,32(2)3)25-10-7-11-26(34)23-25/h5-13,22-23,28,31,34H,4,14-21H2,1-3H3. The Morgan fingerprint density at radius 2 is 1.89 bits per heavy atom. The van der Waals surface area contributed by atoms with E-state index < -0.39 is 0 Å². The highest BCUT2D eigenvalue weighted by Gasteiger charge is 2.38. The van der Waals surface area contributed by atoms with Crippen molar-refractivity contribution in [3.05, 3.63) is 82.0 Å². The van der Waals surface area contributed by atoms with Gasteiger partial charge in [0.2, 0.25) is 0 Å². The molecule has 1 aliphatic rings. The van der Waals surface area contributed by atoms with Crippen LogP contribution in [-0.2, 0) is 12.0 Å². The number of benzene rings is 2. The lowest BCUT2D eigenvalue weighted by Crippen LogP contribution is -2.50. The summed E-state index contributed by atoms with van der Waals surface area (Å²) >= 11 is 1.77. The van der Waals surface area contributed by atoms with Crippen LogP contribution < -0.4 is 10.1 Å². The van der Waals surface area contributed by atoms with Crippen LogP contribution in [0.1, 0.15) is 48.3 Å². The molecule has 194 valence electrons. The molecular weight excluding hydrogens is 466 g/mol. The van der Waals surface area contributed by atoms with Crippen LogP contribution in [0.3, 0.4) is 0 Å². The van der Waals surface area contributed by atoms with Gasteiger partial charge < -0.3 is 20.1 Å². The van der Waals surface area contributed by atoms with E-state index in [2.05, 4.69) is 84.0 Å². The van der Waals surface area contributed by atoms with Gasteiger partial charge in [-0.25, -0.2) is 0 Å². The number of para-hydroxylation sites is 1. The van der Waals surface area contributed by atoms with Gasteiger partial charge in [0.1, 0.15) is 17.6 Å². The molecule has 0 amide bonds. The molecule has 4 rings (SSSR count). The van der Waals surface area contributed by atoms with Crippen LogP contribution in [0.2, 0.25) is 0 Å². The number of ether oxygens (including phenoxy) is 1. The average Bonchev–Trinajstić information content (AvgIpc) is 3.43. The molecule has 2 heterocycles. The minimum absolute atomic E-state index is 0.0310. The first-order valence-electron chi connectivity index (χ1n) is 13.2. The minimum atomic E-state index is -0.0310. The second-order valence-electron chi connectivity index (χ2n) is 9.94. The number of hydrogen-bond donors (Lipinski definition) is 2. The molecule has 2 N–H and O–H groups in total. The van der Waals surface area contributed by atoms with Crippen LogP contribution in [0.25, 0.3) is 0 Å². The van der Waals surface area contributed by atoms with Crippen molar-refractivity contribution in [2.75, 3.05) is 46.8 Å². The predicted octanol–water partition coefficient (Wildman–Crippen LogP) is 5.67. The zero-order chi connectivity index (χ0) is 25.4. The Labute approximate surface area is 220 Å². The lowest BCUT2D eigenvalue weighted by molar-refractivity contribution is 0.0541. The van der Waals surface area contributed by atoms with E-state index in [1.54, 1.807) is 17.4 Å². The van der Waals surface area contributed by atoms with Crippen molar-refractivity contribution >= 4 is 11.3 Å². The smallest absolute Gasteiger partial charge is 0.134 e. The molecule has 0 radical (unpaired) electrons. The number of nitrogens with zero attached hydrogens (tertiary/aromatic N) is 2. The molecule has 3 aromatic rings. The lowest BCUT2D eigenvalue weighted by Gasteiger charge is -2.46. The van der Waals surface area contributed by atoms with E-state index in [0.29, 0.717) is 5.75 Å². The quantitative estimate of drug-likeness (QED) is 0.309. The maximum absolute atomic E-state index is 10.1. The third-order valence-corrected chi connectivity index (χ3v) is 8.52. The van der Waals surface area contributed by atoms with E-state index in [1.165, 1.54) is 16.0 Å². The summed E-state index contributed by atoms with van der Waals surface area (Å²) in [5.41, 5.74) is 2.46. The molecule has 6 heteroatoms. The molecule has 0 bridgehead atoms. The van der Waals surface area contributed by atoms with E-state index >= 15 is 0 Å². The molecule has 1 fully saturated rings. The largest absolute Gasteiger partial charge is 0.508 e. The van der Waals surface area contributed by atoms with Crippen molar-refractivity contribution in [1.82, 2.24) is 15.1 Å². The van der Waals surface area contributed by atoms with Crippen molar-refractivity contribution in [2.45, 2.75) is 44.2 Å². The van der Waals surface area contributed by atoms with Gasteiger partial charge in [-0.1, -0.05) is 43.3 Å². The number of nitrogens with one attached hydrogen (secondary N) is 1.